The van der Waals surface area contributed by atoms with Gasteiger partial charge in [0.05, 0.1) is 6.07 Å². The Hall–Kier alpha value is -1.53. The molecule has 16 heavy (non-hydrogen) atoms. The van der Waals surface area contributed by atoms with Gasteiger partial charge < -0.3 is 5.73 Å². The lowest BCUT2D eigenvalue weighted by molar-refractivity contribution is 0.227. The van der Waals surface area contributed by atoms with E-state index in [9.17, 15) is 0 Å². The molecule has 0 aliphatic carbocycles. The summed E-state index contributed by atoms with van der Waals surface area (Å²) in [6.45, 7) is 6.01. The van der Waals surface area contributed by atoms with Crippen molar-refractivity contribution < 1.29 is 0 Å². The second-order valence-electron chi connectivity index (χ2n) is 3.88. The molecule has 2 N–H and O–H groups in total. The van der Waals surface area contributed by atoms with Crippen LogP contribution in [0.5, 0.6) is 0 Å². The first-order valence-corrected chi connectivity index (χ1v) is 5.65. The number of anilines is 1. The largest absolute Gasteiger partial charge is 0.399 e. The quantitative estimate of drug-likeness (QED) is 0.771. The lowest BCUT2D eigenvalue weighted by Gasteiger charge is -2.27. The van der Waals surface area contributed by atoms with Crippen LogP contribution in [0.2, 0.25) is 0 Å². The molecular formula is C13H19N3. The predicted molar refractivity (Wildman–Crippen MR) is 66.7 cm³/mol. The second-order valence-corrected chi connectivity index (χ2v) is 3.88. The zero-order valence-corrected chi connectivity index (χ0v) is 9.98. The Bertz CT molecular complexity index is 368. The summed E-state index contributed by atoms with van der Waals surface area (Å²) < 4.78 is 0. The van der Waals surface area contributed by atoms with Crippen molar-refractivity contribution in [1.29, 1.82) is 5.26 Å². The molecule has 0 bridgehead atoms. The van der Waals surface area contributed by atoms with Gasteiger partial charge in [0, 0.05) is 24.7 Å². The molecule has 1 aromatic rings. The first-order chi connectivity index (χ1) is 7.69. The first kappa shape index (κ1) is 12.5. The van der Waals surface area contributed by atoms with Gasteiger partial charge in [0.25, 0.3) is 0 Å². The van der Waals surface area contributed by atoms with E-state index in [4.69, 9.17) is 11.0 Å². The number of nitrogens with two attached hydrogens (primary N) is 1. The molecule has 0 saturated carbocycles. The number of rotatable bonds is 5. The predicted octanol–water partition coefficient (Wildman–Crippen LogP) is 2.57. The Morgan fingerprint density at radius 1 is 1.50 bits per heavy atom. The molecule has 0 aliphatic heterocycles. The molecule has 0 spiro atoms. The topological polar surface area (TPSA) is 53.0 Å². The monoisotopic (exact) mass is 217 g/mol. The van der Waals surface area contributed by atoms with E-state index in [-0.39, 0.29) is 0 Å². The van der Waals surface area contributed by atoms with Gasteiger partial charge in [0.2, 0.25) is 0 Å². The highest BCUT2D eigenvalue weighted by Gasteiger charge is 2.13. The van der Waals surface area contributed by atoms with Crippen LogP contribution >= 0.6 is 0 Å². The average molecular weight is 217 g/mol. The van der Waals surface area contributed by atoms with Crippen LogP contribution in [0, 0.1) is 11.3 Å². The summed E-state index contributed by atoms with van der Waals surface area (Å²) in [7, 11) is 0. The van der Waals surface area contributed by atoms with Gasteiger partial charge in [-0.25, -0.2) is 0 Å². The van der Waals surface area contributed by atoms with Crippen LogP contribution < -0.4 is 5.73 Å². The molecule has 0 fully saturated rings. The molecule has 3 heteroatoms. The van der Waals surface area contributed by atoms with Crippen molar-refractivity contribution in [2.75, 3.05) is 18.8 Å². The first-order valence-electron chi connectivity index (χ1n) is 5.65. The molecule has 1 unspecified atom stereocenters. The maximum Gasteiger partial charge on any atom is 0.0635 e. The summed E-state index contributed by atoms with van der Waals surface area (Å²) in [5, 5.41) is 8.61. The summed E-state index contributed by atoms with van der Waals surface area (Å²) in [6, 6.07) is 10.4. The number of nitrogen functional groups attached to an aromatic ring is 1. The number of nitriles is 1. The Morgan fingerprint density at radius 3 is 2.81 bits per heavy atom. The highest BCUT2D eigenvalue weighted by molar-refractivity contribution is 5.41. The van der Waals surface area contributed by atoms with Crippen LogP contribution in [0.3, 0.4) is 0 Å². The molecule has 0 heterocycles. The third-order valence-electron chi connectivity index (χ3n) is 2.86. The maximum atomic E-state index is 8.61. The fraction of sp³-hybridized carbons (Fsp3) is 0.462. The molecular weight excluding hydrogens is 198 g/mol. The Morgan fingerprint density at radius 2 is 2.25 bits per heavy atom. The SMILES string of the molecule is CCN(CCC#N)C(C)c1cccc(N)c1. The zero-order chi connectivity index (χ0) is 12.0. The fourth-order valence-corrected chi connectivity index (χ4v) is 1.85. The minimum Gasteiger partial charge on any atom is -0.399 e. The van der Waals surface area contributed by atoms with Gasteiger partial charge in [-0.05, 0) is 31.2 Å². The highest BCUT2D eigenvalue weighted by Crippen LogP contribution is 2.21. The molecule has 0 amide bonds. The molecule has 1 rings (SSSR count). The van der Waals surface area contributed by atoms with Gasteiger partial charge in [0.15, 0.2) is 0 Å². The van der Waals surface area contributed by atoms with Crippen molar-refractivity contribution in [1.82, 2.24) is 4.90 Å². The fourth-order valence-electron chi connectivity index (χ4n) is 1.85. The van der Waals surface area contributed by atoms with Gasteiger partial charge in [0.1, 0.15) is 0 Å². The molecule has 0 aliphatic rings. The van der Waals surface area contributed by atoms with E-state index in [0.29, 0.717) is 12.5 Å². The van der Waals surface area contributed by atoms with Crippen LogP contribution in [0.1, 0.15) is 31.9 Å². The van der Waals surface area contributed by atoms with Crippen LogP contribution in [-0.4, -0.2) is 18.0 Å². The van der Waals surface area contributed by atoms with E-state index in [1.54, 1.807) is 0 Å². The standard InChI is InChI=1S/C13H19N3/c1-3-16(9-5-8-14)11(2)12-6-4-7-13(15)10-12/h4,6-7,10-11H,3,5,9,15H2,1-2H3. The summed E-state index contributed by atoms with van der Waals surface area (Å²) in [6.07, 6.45) is 0.570. The van der Waals surface area contributed by atoms with E-state index in [1.807, 2.05) is 18.2 Å². The Balaban J connectivity index is 2.74. The zero-order valence-electron chi connectivity index (χ0n) is 9.98. The number of benzene rings is 1. The minimum absolute atomic E-state index is 0.307. The van der Waals surface area contributed by atoms with Crippen molar-refractivity contribution in [2.24, 2.45) is 0 Å². The number of nitrogens with zero attached hydrogens (tertiary/aromatic N) is 2. The van der Waals surface area contributed by atoms with Gasteiger partial charge in [-0.2, -0.15) is 5.26 Å². The van der Waals surface area contributed by atoms with Crippen LogP contribution in [0.15, 0.2) is 24.3 Å². The second kappa shape index (κ2) is 6.14. The van der Waals surface area contributed by atoms with Gasteiger partial charge in [-0.3, -0.25) is 4.90 Å². The third-order valence-corrected chi connectivity index (χ3v) is 2.86. The van der Waals surface area contributed by atoms with Crippen LogP contribution in [0.25, 0.3) is 0 Å². The van der Waals surface area contributed by atoms with Crippen molar-refractivity contribution >= 4 is 5.69 Å². The molecule has 1 aromatic carbocycles. The van der Waals surface area contributed by atoms with Crippen molar-refractivity contribution in [3.05, 3.63) is 29.8 Å². The molecule has 0 radical (unpaired) electrons. The van der Waals surface area contributed by atoms with Crippen LogP contribution in [-0.2, 0) is 0 Å². The van der Waals surface area contributed by atoms with Crippen molar-refractivity contribution in [3.8, 4) is 6.07 Å². The normalized spacial score (nSPS) is 12.4. The minimum atomic E-state index is 0.307. The van der Waals surface area contributed by atoms with Crippen molar-refractivity contribution in [3.63, 3.8) is 0 Å². The summed E-state index contributed by atoms with van der Waals surface area (Å²) in [4.78, 5) is 2.28. The summed E-state index contributed by atoms with van der Waals surface area (Å²) >= 11 is 0. The Kier molecular flexibility index (Phi) is 4.81. The molecule has 0 aromatic heterocycles. The lowest BCUT2D eigenvalue weighted by Crippen LogP contribution is -2.27. The third kappa shape index (κ3) is 3.25. The molecule has 1 atom stereocenters. The maximum absolute atomic E-state index is 8.61. The Labute approximate surface area is 97.5 Å². The highest BCUT2D eigenvalue weighted by atomic mass is 15.1. The van der Waals surface area contributed by atoms with E-state index in [0.717, 1.165) is 18.8 Å². The van der Waals surface area contributed by atoms with E-state index in [1.165, 1.54) is 5.56 Å². The molecule has 86 valence electrons. The van der Waals surface area contributed by atoms with E-state index in [2.05, 4.69) is 30.9 Å². The van der Waals surface area contributed by atoms with Gasteiger partial charge >= 0.3 is 0 Å². The number of hydrogen-bond donors (Lipinski definition) is 1. The molecule has 3 nitrogen and oxygen atoms in total. The summed E-state index contributed by atoms with van der Waals surface area (Å²) in [5.41, 5.74) is 7.77. The van der Waals surface area contributed by atoms with Crippen LogP contribution in [0.4, 0.5) is 5.69 Å². The average Bonchev–Trinajstić information content (AvgIpc) is 2.29. The van der Waals surface area contributed by atoms with E-state index < -0.39 is 0 Å². The molecule has 0 saturated heterocycles. The van der Waals surface area contributed by atoms with E-state index >= 15 is 0 Å². The summed E-state index contributed by atoms with van der Waals surface area (Å²) in [5.74, 6) is 0. The lowest BCUT2D eigenvalue weighted by atomic mass is 10.1. The smallest absolute Gasteiger partial charge is 0.0635 e. The van der Waals surface area contributed by atoms with Crippen molar-refractivity contribution in [2.45, 2.75) is 26.3 Å². The van der Waals surface area contributed by atoms with Gasteiger partial charge in [-0.15, -0.1) is 0 Å². The number of hydrogen-bond acceptors (Lipinski definition) is 3. The van der Waals surface area contributed by atoms with Gasteiger partial charge in [-0.1, -0.05) is 19.1 Å².